The number of hydrogen-bond donors (Lipinski definition) is 4. The second-order valence-electron chi connectivity index (χ2n) is 18.3. The second kappa shape index (κ2) is 21.1. The molecule has 4 unspecified atom stereocenters. The van der Waals surface area contributed by atoms with Gasteiger partial charge in [-0.05, 0) is 61.6 Å². The van der Waals surface area contributed by atoms with E-state index in [0.29, 0.717) is 45.6 Å². The summed E-state index contributed by atoms with van der Waals surface area (Å²) >= 11 is 6.55. The third kappa shape index (κ3) is 12.1. The van der Waals surface area contributed by atoms with Crippen LogP contribution in [0.3, 0.4) is 0 Å². The number of nitrogens with zero attached hydrogens (tertiary/aromatic N) is 1. The lowest BCUT2D eigenvalue weighted by Crippen LogP contribution is -2.47. The zero-order chi connectivity index (χ0) is 47.1. The molecule has 1 aromatic heterocycles. The van der Waals surface area contributed by atoms with Crippen LogP contribution in [0.25, 0.3) is 21.7 Å². The summed E-state index contributed by atoms with van der Waals surface area (Å²) < 4.78 is 40.1. The fraction of sp³-hybridized carbons (Fsp3) is 0.532. The number of aromatic nitrogens is 1. The predicted octanol–water partition coefficient (Wildman–Crippen LogP) is 7.45. The van der Waals surface area contributed by atoms with Gasteiger partial charge in [-0.25, -0.2) is 9.59 Å². The van der Waals surface area contributed by atoms with E-state index in [0.717, 1.165) is 10.9 Å². The number of alkyl carbamates (subject to hydrolysis) is 1. The Labute approximate surface area is 379 Å². The van der Waals surface area contributed by atoms with Crippen molar-refractivity contribution < 1.29 is 57.4 Å². The highest BCUT2D eigenvalue weighted by Crippen LogP contribution is 2.47. The highest BCUT2D eigenvalue weighted by atomic mass is 35.5. The van der Waals surface area contributed by atoms with E-state index in [9.17, 15) is 24.3 Å². The van der Waals surface area contributed by atoms with Gasteiger partial charge in [0.1, 0.15) is 24.1 Å². The number of aliphatic hydroxyl groups is 1. The second-order valence-corrected chi connectivity index (χ2v) is 18.6. The number of carbonyl (C=O) groups is 4. The Hall–Kier alpha value is -5.29. The van der Waals surface area contributed by atoms with Crippen molar-refractivity contribution in [2.24, 2.45) is 11.3 Å². The quantitative estimate of drug-likeness (QED) is 0.0315. The number of methoxy groups -OCH3 is 3. The van der Waals surface area contributed by atoms with Crippen molar-refractivity contribution >= 4 is 62.8 Å². The predicted molar refractivity (Wildman–Crippen MR) is 244 cm³/mol. The number of rotatable bonds is 19. The number of fused-ring (bicyclic) bond motifs is 4. The van der Waals surface area contributed by atoms with Crippen LogP contribution in [0.4, 0.5) is 10.5 Å². The molecule has 4 N–H and O–H groups in total. The van der Waals surface area contributed by atoms with E-state index in [-0.39, 0.29) is 73.2 Å². The number of amides is 3. The maximum Gasteiger partial charge on any atom is 0.407 e. The van der Waals surface area contributed by atoms with E-state index in [1.54, 1.807) is 36.9 Å². The minimum atomic E-state index is -1.06. The van der Waals surface area contributed by atoms with Gasteiger partial charge >= 0.3 is 12.1 Å². The Balaban J connectivity index is 1.28. The van der Waals surface area contributed by atoms with Gasteiger partial charge in [0.2, 0.25) is 11.7 Å². The maximum absolute atomic E-state index is 14.4. The molecule has 16 nitrogen and oxygen atoms in total. The average Bonchev–Trinajstić information content (AvgIpc) is 3.84. The third-order valence-electron chi connectivity index (χ3n) is 10.5. The molecular weight excluding hydrogens is 848 g/mol. The molecule has 2 heterocycles. The first-order chi connectivity index (χ1) is 30.2. The van der Waals surface area contributed by atoms with Gasteiger partial charge in [0.05, 0.1) is 50.8 Å². The van der Waals surface area contributed by atoms with Crippen LogP contribution in [-0.2, 0) is 23.8 Å². The number of hydrogen-bond acceptors (Lipinski definition) is 12. The van der Waals surface area contributed by atoms with Crippen LogP contribution < -0.4 is 34.5 Å². The number of ether oxygens (including phenoxy) is 7. The highest BCUT2D eigenvalue weighted by molar-refractivity contribution is 6.19. The third-order valence-corrected chi connectivity index (χ3v) is 10.9. The standard InChI is InChI=1S/C47H63ClN4O12/c1-26(2)39(51-36(54)16-17-49-45(57)61-25-37(64-47(6,7)8)62-29(24-53)21-46(3,4)5)44(56)63-34-20-33-38(31-15-13-12-14-30(31)34)28(22-48)23-52(33)43(55)32-18-27-19-35(58-9)41(59-10)42(60-11)40(27)50-32/h12-15,18-20,26,28-29,37,39,50,53H,16-17,21-25H2,1-11H3,(H,49,57)(H,51,54). The maximum atomic E-state index is 14.4. The van der Waals surface area contributed by atoms with Gasteiger partial charge in [-0.1, -0.05) is 58.9 Å². The lowest BCUT2D eigenvalue weighted by Gasteiger charge is -2.32. The molecule has 17 heteroatoms. The molecule has 0 radical (unpaired) electrons. The lowest BCUT2D eigenvalue weighted by atomic mass is 9.89. The first kappa shape index (κ1) is 49.7. The zero-order valence-corrected chi connectivity index (χ0v) is 39.4. The molecule has 1 aliphatic rings. The normalized spacial score (nSPS) is 15.4. The molecule has 0 saturated carbocycles. The summed E-state index contributed by atoms with van der Waals surface area (Å²) in [4.78, 5) is 59.0. The Morgan fingerprint density at radius 2 is 1.62 bits per heavy atom. The van der Waals surface area contributed by atoms with Crippen LogP contribution in [0.1, 0.15) is 90.2 Å². The number of aliphatic hydroxyl groups excluding tert-OH is 1. The van der Waals surface area contributed by atoms with Crippen LogP contribution >= 0.6 is 11.6 Å². The van der Waals surface area contributed by atoms with E-state index >= 15 is 0 Å². The van der Waals surface area contributed by atoms with Gasteiger partial charge in [-0.3, -0.25) is 9.59 Å². The Kier molecular flexibility index (Phi) is 16.4. The van der Waals surface area contributed by atoms with Crippen molar-refractivity contribution in [3.05, 3.63) is 53.7 Å². The number of nitrogens with one attached hydrogen (secondary N) is 3. The monoisotopic (exact) mass is 910 g/mol. The molecule has 64 heavy (non-hydrogen) atoms. The number of benzene rings is 3. The van der Waals surface area contributed by atoms with E-state index in [4.69, 9.17) is 44.8 Å². The molecule has 4 aromatic rings. The minimum Gasteiger partial charge on any atom is -0.493 e. The van der Waals surface area contributed by atoms with Gasteiger partial charge in [0.15, 0.2) is 17.8 Å². The number of esters is 1. The molecule has 3 aromatic carbocycles. The number of aromatic amines is 1. The summed E-state index contributed by atoms with van der Waals surface area (Å²) in [5, 5.41) is 17.3. The van der Waals surface area contributed by atoms with Crippen molar-refractivity contribution in [2.45, 2.75) is 98.2 Å². The molecule has 1 aliphatic heterocycles. The number of carbonyl (C=O) groups excluding carboxylic acids is 4. The van der Waals surface area contributed by atoms with Crippen LogP contribution in [0.5, 0.6) is 23.0 Å². The molecule has 0 saturated heterocycles. The minimum absolute atomic E-state index is 0.0925. The Morgan fingerprint density at radius 1 is 0.938 bits per heavy atom. The van der Waals surface area contributed by atoms with Crippen molar-refractivity contribution in [1.29, 1.82) is 0 Å². The zero-order valence-electron chi connectivity index (χ0n) is 38.6. The van der Waals surface area contributed by atoms with Gasteiger partial charge in [-0.2, -0.15) is 0 Å². The summed E-state index contributed by atoms with van der Waals surface area (Å²) in [7, 11) is 4.52. The fourth-order valence-corrected chi connectivity index (χ4v) is 8.01. The lowest BCUT2D eigenvalue weighted by molar-refractivity contribution is -0.236. The summed E-state index contributed by atoms with van der Waals surface area (Å²) in [5.41, 5.74) is 1.44. The van der Waals surface area contributed by atoms with Crippen LogP contribution in [0, 0.1) is 11.3 Å². The van der Waals surface area contributed by atoms with Crippen molar-refractivity contribution in [2.75, 3.05) is 58.4 Å². The largest absolute Gasteiger partial charge is 0.493 e. The molecule has 0 spiro atoms. The summed E-state index contributed by atoms with van der Waals surface area (Å²) in [6.45, 7) is 14.8. The molecular formula is C47H63ClN4O12. The van der Waals surface area contributed by atoms with E-state index in [2.05, 4.69) is 15.6 Å². The van der Waals surface area contributed by atoms with Crippen LogP contribution in [0.2, 0.25) is 0 Å². The first-order valence-corrected chi connectivity index (χ1v) is 21.9. The molecule has 4 atom stereocenters. The number of halogens is 1. The number of alkyl halides is 1. The van der Waals surface area contributed by atoms with E-state index < -0.39 is 42.0 Å². The smallest absolute Gasteiger partial charge is 0.407 e. The summed E-state index contributed by atoms with van der Waals surface area (Å²) in [5.74, 6) is -0.562. The SMILES string of the molecule is COc1cc2cc(C(=O)N3CC(CCl)c4c3cc(OC(=O)C(NC(=O)CCNC(=O)OCC(OC(CO)CC(C)(C)C)OC(C)(C)C)C(C)C)c3ccccc43)[nH]c2c(OC)c1OC. The molecule has 350 valence electrons. The van der Waals surface area contributed by atoms with Gasteiger partial charge in [0, 0.05) is 48.1 Å². The van der Waals surface area contributed by atoms with Crippen LogP contribution in [-0.4, -0.2) is 112 Å². The van der Waals surface area contributed by atoms with Gasteiger partial charge in [-0.15, -0.1) is 11.6 Å². The fourth-order valence-electron chi connectivity index (χ4n) is 7.76. The molecule has 0 aliphatic carbocycles. The van der Waals surface area contributed by atoms with E-state index in [1.165, 1.54) is 21.3 Å². The Bertz CT molecular complexity index is 2300. The Morgan fingerprint density at radius 3 is 2.22 bits per heavy atom. The van der Waals surface area contributed by atoms with Crippen molar-refractivity contribution in [3.63, 3.8) is 0 Å². The van der Waals surface area contributed by atoms with Crippen molar-refractivity contribution in [3.8, 4) is 23.0 Å². The molecule has 3 amide bonds. The van der Waals surface area contributed by atoms with Gasteiger partial charge < -0.3 is 58.8 Å². The summed E-state index contributed by atoms with van der Waals surface area (Å²) in [6, 6.07) is 11.5. The first-order valence-electron chi connectivity index (χ1n) is 21.3. The molecule has 0 fully saturated rings. The average molecular weight is 911 g/mol. The molecule has 0 bridgehead atoms. The molecule has 5 rings (SSSR count). The van der Waals surface area contributed by atoms with Crippen LogP contribution in [0.15, 0.2) is 42.5 Å². The summed E-state index contributed by atoms with van der Waals surface area (Å²) in [6.07, 6.45) is -1.90. The van der Waals surface area contributed by atoms with Gasteiger partial charge in [0.25, 0.3) is 5.91 Å². The highest BCUT2D eigenvalue weighted by Gasteiger charge is 2.37. The van der Waals surface area contributed by atoms with Crippen molar-refractivity contribution in [1.82, 2.24) is 15.6 Å². The number of H-pyrrole nitrogens is 1. The van der Waals surface area contributed by atoms with E-state index in [1.807, 2.05) is 65.8 Å². The number of anilines is 1. The topological polar surface area (TPSA) is 196 Å².